The average Bonchev–Trinajstić information content (AvgIpc) is 3.21. The van der Waals surface area contributed by atoms with Crippen LogP contribution in [0.5, 0.6) is 5.75 Å². The minimum absolute atomic E-state index is 0.0828. The van der Waals surface area contributed by atoms with Crippen LogP contribution < -0.4 is 19.7 Å². The molecular weight excluding hydrogens is 666 g/mol. The minimum atomic E-state index is -3.97. The largest absolute Gasteiger partial charge is 0.490 e. The molecule has 1 fully saturated rings. The van der Waals surface area contributed by atoms with Gasteiger partial charge in [-0.2, -0.15) is 0 Å². The van der Waals surface area contributed by atoms with E-state index >= 15 is 0 Å². The molecule has 2 bridgehead atoms. The summed E-state index contributed by atoms with van der Waals surface area (Å²) in [6.45, 7) is 6.05. The van der Waals surface area contributed by atoms with Crippen molar-refractivity contribution in [2.75, 3.05) is 51.5 Å². The van der Waals surface area contributed by atoms with Crippen molar-refractivity contribution in [2.24, 2.45) is 17.8 Å². The van der Waals surface area contributed by atoms with E-state index in [4.69, 9.17) is 25.8 Å². The van der Waals surface area contributed by atoms with Crippen molar-refractivity contribution in [1.82, 2.24) is 10.0 Å². The Morgan fingerprint density at radius 3 is 2.80 bits per heavy atom. The molecule has 1 saturated carbocycles. The monoisotopic (exact) mass is 713 g/mol. The maximum absolute atomic E-state index is 13.5. The number of carbonyl (C=O) groups is 2. The van der Waals surface area contributed by atoms with Gasteiger partial charge in [0.25, 0.3) is 5.91 Å². The number of nitrogens with zero attached hydrogens (tertiary/aromatic N) is 1. The lowest BCUT2D eigenvalue weighted by molar-refractivity contribution is -0.129. The summed E-state index contributed by atoms with van der Waals surface area (Å²) in [5, 5.41) is 2.73. The van der Waals surface area contributed by atoms with Crippen molar-refractivity contribution in [2.45, 2.75) is 69.1 Å². The first kappa shape index (κ1) is 35.7. The van der Waals surface area contributed by atoms with E-state index in [0.29, 0.717) is 45.0 Å². The van der Waals surface area contributed by atoms with Gasteiger partial charge in [-0.3, -0.25) is 9.59 Å². The Kier molecular flexibility index (Phi) is 10.9. The molecule has 4 aliphatic rings. The van der Waals surface area contributed by atoms with Crippen LogP contribution in [0.2, 0.25) is 5.02 Å². The van der Waals surface area contributed by atoms with Crippen LogP contribution >= 0.6 is 11.6 Å². The van der Waals surface area contributed by atoms with Crippen molar-refractivity contribution in [3.8, 4) is 5.75 Å². The summed E-state index contributed by atoms with van der Waals surface area (Å²) in [7, 11) is -2.39. The smallest absolute Gasteiger partial charge is 0.264 e. The Bertz CT molecular complexity index is 1680. The zero-order chi connectivity index (χ0) is 34.8. The highest BCUT2D eigenvalue weighted by Gasteiger charge is 2.44. The number of fused-ring (bicyclic) bond motifs is 4. The molecule has 2 heterocycles. The van der Waals surface area contributed by atoms with E-state index in [2.05, 4.69) is 27.1 Å². The number of rotatable bonds is 6. The lowest BCUT2D eigenvalue weighted by Crippen LogP contribution is -2.50. The SMILES string of the molecule is COCCNC(=O)CO[C@H]1/C=C/C[C@H](C)[C@@H](C)S(=O)(=O)NC(=O)c2ccc3c(c2)N(C[C@@H]2CC[C@H]21)C[C@@]1(CCCc2cc(Cl)ccc21)CO3. The second-order valence-corrected chi connectivity index (χ2v) is 16.7. The van der Waals surface area contributed by atoms with Gasteiger partial charge in [0.1, 0.15) is 12.4 Å². The van der Waals surface area contributed by atoms with Gasteiger partial charge in [-0.25, -0.2) is 13.1 Å². The molecule has 10 nitrogen and oxygen atoms in total. The molecule has 0 aromatic heterocycles. The molecular formula is C37H48ClN3O7S. The molecule has 6 rings (SSSR count). The number of benzene rings is 2. The molecule has 0 saturated heterocycles. The molecule has 2 N–H and O–H groups in total. The first-order valence-electron chi connectivity index (χ1n) is 17.4. The Labute approximate surface area is 294 Å². The number of sulfonamides is 1. The van der Waals surface area contributed by atoms with Gasteiger partial charge in [-0.05, 0) is 105 Å². The highest BCUT2D eigenvalue weighted by Crippen LogP contribution is 2.47. The second kappa shape index (κ2) is 15.0. The van der Waals surface area contributed by atoms with Gasteiger partial charge in [-0.15, -0.1) is 0 Å². The van der Waals surface area contributed by atoms with Crippen molar-refractivity contribution >= 4 is 39.1 Å². The van der Waals surface area contributed by atoms with E-state index in [1.807, 2.05) is 25.1 Å². The molecule has 2 aromatic rings. The molecule has 49 heavy (non-hydrogen) atoms. The molecule has 12 heteroatoms. The standard InChI is InChI=1S/C37H48ClN3O7S/c1-24-6-4-8-33(47-21-35(42)39-16-17-46-3)30-12-9-28(30)20-41-22-37(15-5-7-26-18-29(38)11-13-31(26)37)23-48-34-14-10-27(19-32(34)41)36(43)40-49(44,45)25(24)2/h4,8,10-11,13-14,18-19,24-25,28,30,33H,5-7,9,12,15-17,20-23H2,1-3H3,(H,39,42)(H,40,43)/b8-4+/t24-,25+,28-,30+,33-,37-/m0/s1. The summed E-state index contributed by atoms with van der Waals surface area (Å²) in [5.74, 6) is -0.0625. The Balaban J connectivity index is 1.37. The number of methoxy groups -OCH3 is 1. The summed E-state index contributed by atoms with van der Waals surface area (Å²) in [4.78, 5) is 28.4. The van der Waals surface area contributed by atoms with Gasteiger partial charge in [0, 0.05) is 42.7 Å². The van der Waals surface area contributed by atoms with Crippen LogP contribution in [-0.2, 0) is 36.1 Å². The number of anilines is 1. The highest BCUT2D eigenvalue weighted by molar-refractivity contribution is 7.90. The van der Waals surface area contributed by atoms with Crippen LogP contribution in [0.1, 0.15) is 67.4 Å². The number of nitrogens with one attached hydrogen (secondary N) is 2. The maximum Gasteiger partial charge on any atom is 0.264 e. The van der Waals surface area contributed by atoms with E-state index in [1.54, 1.807) is 32.2 Å². The number of ether oxygens (including phenoxy) is 3. The van der Waals surface area contributed by atoms with Crippen LogP contribution in [0.4, 0.5) is 5.69 Å². The van der Waals surface area contributed by atoms with Crippen LogP contribution in [0, 0.1) is 17.8 Å². The van der Waals surface area contributed by atoms with Crippen LogP contribution in [0.15, 0.2) is 48.6 Å². The van der Waals surface area contributed by atoms with Crippen LogP contribution in [-0.4, -0.2) is 78.2 Å². The molecule has 2 aromatic carbocycles. The summed E-state index contributed by atoms with van der Waals surface area (Å²) in [6.07, 6.45) is 8.95. The molecule has 2 aliphatic heterocycles. The number of hydrogen-bond donors (Lipinski definition) is 2. The van der Waals surface area contributed by atoms with E-state index in [-0.39, 0.29) is 47.4 Å². The summed E-state index contributed by atoms with van der Waals surface area (Å²) in [5.41, 5.74) is 3.21. The number of allylic oxidation sites excluding steroid dienone is 1. The predicted molar refractivity (Wildman–Crippen MR) is 190 cm³/mol. The van der Waals surface area contributed by atoms with Gasteiger partial charge in [0.15, 0.2) is 0 Å². The number of amides is 2. The van der Waals surface area contributed by atoms with Gasteiger partial charge in [-0.1, -0.05) is 36.7 Å². The van der Waals surface area contributed by atoms with Gasteiger partial charge < -0.3 is 24.4 Å². The third-order valence-electron chi connectivity index (χ3n) is 11.0. The molecule has 0 unspecified atom stereocenters. The summed E-state index contributed by atoms with van der Waals surface area (Å²) >= 11 is 6.44. The fourth-order valence-electron chi connectivity index (χ4n) is 7.84. The molecule has 0 radical (unpaired) electrons. The van der Waals surface area contributed by atoms with Crippen LogP contribution in [0.3, 0.4) is 0 Å². The third kappa shape index (κ3) is 7.80. The fourth-order valence-corrected chi connectivity index (χ4v) is 9.32. The number of carbonyl (C=O) groups excluding carboxylic acids is 2. The van der Waals surface area contributed by atoms with E-state index in [0.717, 1.165) is 42.8 Å². The number of aryl methyl sites for hydroxylation is 1. The third-order valence-corrected chi connectivity index (χ3v) is 13.2. The first-order valence-corrected chi connectivity index (χ1v) is 19.3. The number of halogens is 1. The maximum atomic E-state index is 13.5. The lowest BCUT2D eigenvalue weighted by Gasteiger charge is -2.46. The topological polar surface area (TPSA) is 123 Å². The Hall–Kier alpha value is -3.12. The quantitative estimate of drug-likeness (QED) is 0.316. The van der Waals surface area contributed by atoms with Gasteiger partial charge >= 0.3 is 0 Å². The lowest BCUT2D eigenvalue weighted by atomic mass is 9.68. The van der Waals surface area contributed by atoms with Crippen molar-refractivity contribution < 1.29 is 32.2 Å². The molecule has 2 aliphatic carbocycles. The van der Waals surface area contributed by atoms with Crippen molar-refractivity contribution in [3.63, 3.8) is 0 Å². The second-order valence-electron chi connectivity index (χ2n) is 14.2. The van der Waals surface area contributed by atoms with Crippen LogP contribution in [0.25, 0.3) is 0 Å². The Morgan fingerprint density at radius 2 is 2.02 bits per heavy atom. The van der Waals surface area contributed by atoms with Gasteiger partial charge in [0.05, 0.1) is 30.3 Å². The van der Waals surface area contributed by atoms with E-state index in [9.17, 15) is 18.0 Å². The molecule has 1 spiro atoms. The first-order chi connectivity index (χ1) is 23.5. The fraction of sp³-hybridized carbons (Fsp3) is 0.568. The van der Waals surface area contributed by atoms with E-state index < -0.39 is 21.2 Å². The molecule has 6 atom stereocenters. The predicted octanol–water partition coefficient (Wildman–Crippen LogP) is 5.03. The number of hydrogen-bond acceptors (Lipinski definition) is 8. The summed E-state index contributed by atoms with van der Waals surface area (Å²) in [6, 6.07) is 11.4. The molecule has 2 amide bonds. The highest BCUT2D eigenvalue weighted by atomic mass is 35.5. The summed E-state index contributed by atoms with van der Waals surface area (Å²) < 4.78 is 47.1. The average molecular weight is 714 g/mol. The zero-order valence-corrected chi connectivity index (χ0v) is 30.2. The minimum Gasteiger partial charge on any atom is -0.490 e. The normalized spacial score (nSPS) is 30.1. The van der Waals surface area contributed by atoms with Gasteiger partial charge in [0.2, 0.25) is 15.9 Å². The molecule has 266 valence electrons. The zero-order valence-electron chi connectivity index (χ0n) is 28.6. The van der Waals surface area contributed by atoms with Crippen molar-refractivity contribution in [3.05, 3.63) is 70.3 Å². The van der Waals surface area contributed by atoms with E-state index in [1.165, 1.54) is 11.1 Å². The Morgan fingerprint density at radius 1 is 1.18 bits per heavy atom. The van der Waals surface area contributed by atoms with Crippen molar-refractivity contribution in [1.29, 1.82) is 0 Å².